The molecule has 0 N–H and O–H groups in total. The number of furan rings is 1. The van der Waals surface area contributed by atoms with E-state index in [-0.39, 0.29) is 0 Å². The summed E-state index contributed by atoms with van der Waals surface area (Å²) < 4.78 is 7.66. The third-order valence-corrected chi connectivity index (χ3v) is 3.23. The van der Waals surface area contributed by atoms with Gasteiger partial charge in [-0.15, -0.1) is 0 Å². The molecule has 0 amide bonds. The standard InChI is InChI=1S/C14H9BrN2O2/c15-12-2-1-3-13(6-12)17-7-11(8-18)14(16-17)10-4-5-19-9-10/h1-9H. The van der Waals surface area contributed by atoms with E-state index in [4.69, 9.17) is 4.42 Å². The van der Waals surface area contributed by atoms with Gasteiger partial charge in [0.15, 0.2) is 6.29 Å². The predicted octanol–water partition coefficient (Wildman–Crippen LogP) is 3.71. The monoisotopic (exact) mass is 316 g/mol. The van der Waals surface area contributed by atoms with Crippen molar-refractivity contribution in [3.05, 3.63) is 59.1 Å². The molecule has 1 aromatic carbocycles. The van der Waals surface area contributed by atoms with Crippen LogP contribution in [0.2, 0.25) is 0 Å². The number of aromatic nitrogens is 2. The molecule has 5 heteroatoms. The largest absolute Gasteiger partial charge is 0.472 e. The number of rotatable bonds is 3. The molecule has 0 radical (unpaired) electrons. The molecule has 0 saturated carbocycles. The average Bonchev–Trinajstić information content (AvgIpc) is 3.07. The lowest BCUT2D eigenvalue weighted by Crippen LogP contribution is -1.94. The summed E-state index contributed by atoms with van der Waals surface area (Å²) in [7, 11) is 0. The first kappa shape index (κ1) is 11.9. The van der Waals surface area contributed by atoms with Crippen LogP contribution in [0.15, 0.2) is 57.9 Å². The minimum Gasteiger partial charge on any atom is -0.472 e. The summed E-state index contributed by atoms with van der Waals surface area (Å²) in [5, 5.41) is 4.44. The van der Waals surface area contributed by atoms with Crippen molar-refractivity contribution in [2.45, 2.75) is 0 Å². The molecule has 0 unspecified atom stereocenters. The SMILES string of the molecule is O=Cc1cn(-c2cccc(Br)c2)nc1-c1ccoc1. The lowest BCUT2D eigenvalue weighted by molar-refractivity contribution is 0.112. The van der Waals surface area contributed by atoms with Crippen LogP contribution in [0.5, 0.6) is 0 Å². The topological polar surface area (TPSA) is 48.0 Å². The molecule has 94 valence electrons. The smallest absolute Gasteiger partial charge is 0.153 e. The summed E-state index contributed by atoms with van der Waals surface area (Å²) in [6.45, 7) is 0. The molecular weight excluding hydrogens is 308 g/mol. The van der Waals surface area contributed by atoms with Crippen molar-refractivity contribution in [3.8, 4) is 16.9 Å². The molecule has 0 aliphatic rings. The van der Waals surface area contributed by atoms with Crippen LogP contribution in [0.4, 0.5) is 0 Å². The molecular formula is C14H9BrN2O2. The molecule has 0 fully saturated rings. The first-order valence-electron chi connectivity index (χ1n) is 5.61. The van der Waals surface area contributed by atoms with Crippen molar-refractivity contribution in [1.82, 2.24) is 9.78 Å². The zero-order valence-corrected chi connectivity index (χ0v) is 11.4. The minimum atomic E-state index is 0.529. The molecule has 19 heavy (non-hydrogen) atoms. The molecule has 0 spiro atoms. The fraction of sp³-hybridized carbons (Fsp3) is 0. The fourth-order valence-corrected chi connectivity index (χ4v) is 2.24. The number of benzene rings is 1. The zero-order valence-electron chi connectivity index (χ0n) is 9.79. The maximum atomic E-state index is 11.1. The van der Waals surface area contributed by atoms with Gasteiger partial charge in [0.25, 0.3) is 0 Å². The van der Waals surface area contributed by atoms with Crippen LogP contribution in [-0.4, -0.2) is 16.1 Å². The van der Waals surface area contributed by atoms with E-state index < -0.39 is 0 Å². The van der Waals surface area contributed by atoms with Gasteiger partial charge in [0.1, 0.15) is 5.69 Å². The van der Waals surface area contributed by atoms with E-state index in [1.165, 1.54) is 0 Å². The van der Waals surface area contributed by atoms with Gasteiger partial charge in [0.05, 0.1) is 23.8 Å². The summed E-state index contributed by atoms with van der Waals surface area (Å²) in [5.41, 5.74) is 2.81. The van der Waals surface area contributed by atoms with Crippen molar-refractivity contribution in [3.63, 3.8) is 0 Å². The van der Waals surface area contributed by atoms with Crippen LogP contribution in [0.3, 0.4) is 0 Å². The molecule has 4 nitrogen and oxygen atoms in total. The Hall–Kier alpha value is -2.14. The van der Waals surface area contributed by atoms with Crippen LogP contribution in [0.1, 0.15) is 10.4 Å². The van der Waals surface area contributed by atoms with Crippen molar-refractivity contribution in [2.24, 2.45) is 0 Å². The van der Waals surface area contributed by atoms with E-state index in [0.717, 1.165) is 22.0 Å². The second-order valence-electron chi connectivity index (χ2n) is 3.99. The van der Waals surface area contributed by atoms with Gasteiger partial charge in [-0.3, -0.25) is 4.79 Å². The predicted molar refractivity (Wildman–Crippen MR) is 74.4 cm³/mol. The second-order valence-corrected chi connectivity index (χ2v) is 4.90. The Morgan fingerprint density at radius 2 is 2.21 bits per heavy atom. The molecule has 0 saturated heterocycles. The second kappa shape index (κ2) is 4.85. The third kappa shape index (κ3) is 2.24. The van der Waals surface area contributed by atoms with Gasteiger partial charge >= 0.3 is 0 Å². The highest BCUT2D eigenvalue weighted by atomic mass is 79.9. The van der Waals surface area contributed by atoms with Crippen molar-refractivity contribution in [1.29, 1.82) is 0 Å². The van der Waals surface area contributed by atoms with E-state index in [0.29, 0.717) is 11.3 Å². The molecule has 0 atom stereocenters. The average molecular weight is 317 g/mol. The number of carbonyl (C=O) groups is 1. The highest BCUT2D eigenvalue weighted by Gasteiger charge is 2.12. The van der Waals surface area contributed by atoms with Gasteiger partial charge in [0, 0.05) is 16.2 Å². The number of nitrogens with zero attached hydrogens (tertiary/aromatic N) is 2. The normalized spacial score (nSPS) is 10.6. The van der Waals surface area contributed by atoms with E-state index in [2.05, 4.69) is 21.0 Å². The van der Waals surface area contributed by atoms with Crippen molar-refractivity contribution in [2.75, 3.05) is 0 Å². The van der Waals surface area contributed by atoms with Crippen LogP contribution in [0.25, 0.3) is 16.9 Å². The Kier molecular flexibility index (Phi) is 3.05. The van der Waals surface area contributed by atoms with Crippen LogP contribution >= 0.6 is 15.9 Å². The number of carbonyl (C=O) groups excluding carboxylic acids is 1. The van der Waals surface area contributed by atoms with Gasteiger partial charge in [-0.2, -0.15) is 5.10 Å². The molecule has 3 rings (SSSR count). The molecule has 0 bridgehead atoms. The number of halogens is 1. The lowest BCUT2D eigenvalue weighted by Gasteiger charge is -2.00. The first-order valence-corrected chi connectivity index (χ1v) is 6.40. The molecule has 3 aromatic rings. The highest BCUT2D eigenvalue weighted by Crippen LogP contribution is 2.23. The molecule has 0 aliphatic carbocycles. The Morgan fingerprint density at radius 3 is 2.89 bits per heavy atom. The Morgan fingerprint density at radius 1 is 1.32 bits per heavy atom. The van der Waals surface area contributed by atoms with Gasteiger partial charge in [0.2, 0.25) is 0 Å². The van der Waals surface area contributed by atoms with Gasteiger partial charge in [-0.05, 0) is 24.3 Å². The zero-order chi connectivity index (χ0) is 13.2. The van der Waals surface area contributed by atoms with E-state index in [1.807, 2.05) is 24.3 Å². The summed E-state index contributed by atoms with van der Waals surface area (Å²) in [6, 6.07) is 9.48. The van der Waals surface area contributed by atoms with Crippen LogP contribution in [-0.2, 0) is 0 Å². The van der Waals surface area contributed by atoms with E-state index >= 15 is 0 Å². The third-order valence-electron chi connectivity index (χ3n) is 2.74. The number of hydrogen-bond donors (Lipinski definition) is 0. The van der Waals surface area contributed by atoms with Crippen LogP contribution in [0, 0.1) is 0 Å². The van der Waals surface area contributed by atoms with Crippen molar-refractivity contribution >= 4 is 22.2 Å². The van der Waals surface area contributed by atoms with Crippen molar-refractivity contribution < 1.29 is 9.21 Å². The quantitative estimate of drug-likeness (QED) is 0.692. The fourth-order valence-electron chi connectivity index (χ4n) is 1.85. The number of hydrogen-bond acceptors (Lipinski definition) is 3. The lowest BCUT2D eigenvalue weighted by atomic mass is 10.2. The van der Waals surface area contributed by atoms with Gasteiger partial charge in [-0.25, -0.2) is 4.68 Å². The van der Waals surface area contributed by atoms with E-state index in [1.54, 1.807) is 29.5 Å². The van der Waals surface area contributed by atoms with Gasteiger partial charge < -0.3 is 4.42 Å². The van der Waals surface area contributed by atoms with Crippen LogP contribution < -0.4 is 0 Å². The molecule has 2 heterocycles. The molecule has 2 aromatic heterocycles. The first-order chi connectivity index (χ1) is 9.28. The maximum absolute atomic E-state index is 11.1. The Labute approximate surface area is 117 Å². The minimum absolute atomic E-state index is 0.529. The number of aldehydes is 1. The Balaban J connectivity index is 2.12. The molecule has 0 aliphatic heterocycles. The summed E-state index contributed by atoms with van der Waals surface area (Å²) in [6.07, 6.45) is 5.63. The van der Waals surface area contributed by atoms with Gasteiger partial charge in [-0.1, -0.05) is 22.0 Å². The summed E-state index contributed by atoms with van der Waals surface area (Å²) in [5.74, 6) is 0. The summed E-state index contributed by atoms with van der Waals surface area (Å²) in [4.78, 5) is 11.1. The maximum Gasteiger partial charge on any atom is 0.153 e. The highest BCUT2D eigenvalue weighted by molar-refractivity contribution is 9.10. The van der Waals surface area contributed by atoms with E-state index in [9.17, 15) is 4.79 Å². The summed E-state index contributed by atoms with van der Waals surface area (Å²) >= 11 is 3.41. The Bertz CT molecular complexity index is 717.